The van der Waals surface area contributed by atoms with Gasteiger partial charge in [-0.2, -0.15) is 0 Å². The first-order valence-corrected chi connectivity index (χ1v) is 8.11. The Morgan fingerprint density at radius 3 is 2.55 bits per heavy atom. The summed E-state index contributed by atoms with van der Waals surface area (Å²) in [6.45, 7) is 6.76. The quantitative estimate of drug-likeness (QED) is 0.909. The Bertz CT molecular complexity index is 461. The standard InChI is InChI=1S/C16H26BrN3/c1-11-9-20(10-16(11)19(4)5)15-7-6-13(8-14(15)17)12(2)18-3/h6-8,11-12,16,18H,9-10H2,1-5H3. The van der Waals surface area contributed by atoms with E-state index in [1.165, 1.54) is 15.7 Å². The molecule has 0 radical (unpaired) electrons. The first-order valence-electron chi connectivity index (χ1n) is 7.32. The van der Waals surface area contributed by atoms with E-state index >= 15 is 0 Å². The molecule has 3 nitrogen and oxygen atoms in total. The van der Waals surface area contributed by atoms with E-state index in [0.29, 0.717) is 18.0 Å². The normalized spacial score (nSPS) is 24.4. The van der Waals surface area contributed by atoms with Gasteiger partial charge in [-0.3, -0.25) is 0 Å². The molecule has 0 saturated carbocycles. The van der Waals surface area contributed by atoms with E-state index in [0.717, 1.165) is 13.1 Å². The average Bonchev–Trinajstić information content (AvgIpc) is 2.79. The predicted octanol–water partition coefficient (Wildman–Crippen LogP) is 3.12. The molecule has 20 heavy (non-hydrogen) atoms. The summed E-state index contributed by atoms with van der Waals surface area (Å²) in [6, 6.07) is 7.74. The number of nitrogens with zero attached hydrogens (tertiary/aromatic N) is 2. The molecule has 112 valence electrons. The number of rotatable bonds is 4. The van der Waals surface area contributed by atoms with E-state index in [1.54, 1.807) is 0 Å². The van der Waals surface area contributed by atoms with Gasteiger partial charge in [-0.25, -0.2) is 0 Å². The number of anilines is 1. The molecule has 4 heteroatoms. The maximum absolute atomic E-state index is 3.75. The lowest BCUT2D eigenvalue weighted by Crippen LogP contribution is -2.34. The minimum atomic E-state index is 0.382. The second kappa shape index (κ2) is 6.46. The molecule has 0 amide bonds. The Balaban J connectivity index is 2.18. The van der Waals surface area contributed by atoms with E-state index in [1.807, 2.05) is 7.05 Å². The number of hydrogen-bond donors (Lipinski definition) is 1. The lowest BCUT2D eigenvalue weighted by molar-refractivity contribution is 0.266. The highest BCUT2D eigenvalue weighted by Gasteiger charge is 2.31. The second-order valence-electron chi connectivity index (χ2n) is 6.13. The fraction of sp³-hybridized carbons (Fsp3) is 0.625. The highest BCUT2D eigenvalue weighted by molar-refractivity contribution is 9.10. The van der Waals surface area contributed by atoms with Gasteiger partial charge in [0.15, 0.2) is 0 Å². The van der Waals surface area contributed by atoms with Gasteiger partial charge in [-0.1, -0.05) is 13.0 Å². The number of hydrogen-bond acceptors (Lipinski definition) is 3. The van der Waals surface area contributed by atoms with Crippen molar-refractivity contribution in [2.45, 2.75) is 25.9 Å². The van der Waals surface area contributed by atoms with Gasteiger partial charge in [0.1, 0.15) is 0 Å². The number of likely N-dealkylation sites (N-methyl/N-ethyl adjacent to an activating group) is 1. The average molecular weight is 340 g/mol. The third-order valence-electron chi connectivity index (χ3n) is 4.48. The van der Waals surface area contributed by atoms with Gasteiger partial charge in [0, 0.05) is 29.6 Å². The zero-order valence-corrected chi connectivity index (χ0v) is 14.7. The molecule has 3 atom stereocenters. The smallest absolute Gasteiger partial charge is 0.0511 e. The van der Waals surface area contributed by atoms with Crippen LogP contribution < -0.4 is 10.2 Å². The Labute approximate surface area is 131 Å². The lowest BCUT2D eigenvalue weighted by Gasteiger charge is -2.24. The Hall–Kier alpha value is -0.580. The summed E-state index contributed by atoms with van der Waals surface area (Å²) in [5.74, 6) is 0.702. The molecular formula is C16H26BrN3. The van der Waals surface area contributed by atoms with E-state index in [-0.39, 0.29) is 0 Å². The molecule has 0 aromatic heterocycles. The first kappa shape index (κ1) is 15.8. The van der Waals surface area contributed by atoms with Crippen LogP contribution >= 0.6 is 15.9 Å². The van der Waals surface area contributed by atoms with Crippen molar-refractivity contribution in [3.8, 4) is 0 Å². The summed E-state index contributed by atoms with van der Waals surface area (Å²) in [7, 11) is 6.35. The zero-order valence-electron chi connectivity index (χ0n) is 13.2. The van der Waals surface area contributed by atoms with Gasteiger partial charge in [-0.15, -0.1) is 0 Å². The van der Waals surface area contributed by atoms with Crippen LogP contribution in [-0.4, -0.2) is 45.2 Å². The minimum absolute atomic E-state index is 0.382. The summed E-state index contributed by atoms with van der Waals surface area (Å²) in [5, 5.41) is 3.29. The van der Waals surface area contributed by atoms with E-state index in [2.05, 4.69) is 77.2 Å². The van der Waals surface area contributed by atoms with Crippen molar-refractivity contribution in [2.24, 2.45) is 5.92 Å². The maximum Gasteiger partial charge on any atom is 0.0511 e. The molecule has 1 aromatic rings. The van der Waals surface area contributed by atoms with Crippen LogP contribution in [0, 0.1) is 5.92 Å². The molecule has 1 heterocycles. The van der Waals surface area contributed by atoms with Crippen LogP contribution in [0.15, 0.2) is 22.7 Å². The molecule has 1 N–H and O–H groups in total. The van der Waals surface area contributed by atoms with E-state index < -0.39 is 0 Å². The summed E-state index contributed by atoms with van der Waals surface area (Å²) in [4.78, 5) is 4.84. The Kier molecular flexibility index (Phi) is 5.10. The van der Waals surface area contributed by atoms with Crippen molar-refractivity contribution in [3.05, 3.63) is 28.2 Å². The molecule has 1 aliphatic heterocycles. The molecule has 1 aliphatic rings. The highest BCUT2D eigenvalue weighted by Crippen LogP contribution is 2.33. The zero-order chi connectivity index (χ0) is 14.9. The second-order valence-corrected chi connectivity index (χ2v) is 6.99. The third-order valence-corrected chi connectivity index (χ3v) is 5.12. The van der Waals surface area contributed by atoms with Gasteiger partial charge in [0.2, 0.25) is 0 Å². The van der Waals surface area contributed by atoms with E-state index in [4.69, 9.17) is 0 Å². The molecule has 0 bridgehead atoms. The predicted molar refractivity (Wildman–Crippen MR) is 90.5 cm³/mol. The Morgan fingerprint density at radius 2 is 2.05 bits per heavy atom. The van der Waals surface area contributed by atoms with Crippen molar-refractivity contribution in [2.75, 3.05) is 39.1 Å². The third kappa shape index (κ3) is 3.18. The molecule has 2 rings (SSSR count). The van der Waals surface area contributed by atoms with Crippen LogP contribution in [0.2, 0.25) is 0 Å². The van der Waals surface area contributed by atoms with Gasteiger partial charge in [-0.05, 0) is 67.6 Å². The molecule has 1 aromatic carbocycles. The largest absolute Gasteiger partial charge is 0.369 e. The van der Waals surface area contributed by atoms with Crippen molar-refractivity contribution in [1.82, 2.24) is 10.2 Å². The molecule has 0 aliphatic carbocycles. The van der Waals surface area contributed by atoms with Gasteiger partial charge >= 0.3 is 0 Å². The van der Waals surface area contributed by atoms with Crippen LogP contribution in [0.4, 0.5) is 5.69 Å². The van der Waals surface area contributed by atoms with Crippen LogP contribution in [0.25, 0.3) is 0 Å². The monoisotopic (exact) mass is 339 g/mol. The van der Waals surface area contributed by atoms with Crippen LogP contribution in [0.3, 0.4) is 0 Å². The van der Waals surface area contributed by atoms with Crippen LogP contribution in [0.5, 0.6) is 0 Å². The number of nitrogens with one attached hydrogen (secondary N) is 1. The maximum atomic E-state index is 3.75. The first-order chi connectivity index (χ1) is 9.43. The van der Waals surface area contributed by atoms with Gasteiger partial charge in [0.25, 0.3) is 0 Å². The van der Waals surface area contributed by atoms with Crippen molar-refractivity contribution in [3.63, 3.8) is 0 Å². The molecular weight excluding hydrogens is 314 g/mol. The van der Waals surface area contributed by atoms with E-state index in [9.17, 15) is 0 Å². The molecule has 1 saturated heterocycles. The summed E-state index contributed by atoms with van der Waals surface area (Å²) in [6.07, 6.45) is 0. The number of benzene rings is 1. The van der Waals surface area contributed by atoms with Crippen molar-refractivity contribution < 1.29 is 0 Å². The molecule has 3 unspecified atom stereocenters. The van der Waals surface area contributed by atoms with Crippen molar-refractivity contribution in [1.29, 1.82) is 0 Å². The summed E-state index contributed by atoms with van der Waals surface area (Å²) in [5.41, 5.74) is 2.63. The fourth-order valence-electron chi connectivity index (χ4n) is 3.03. The highest BCUT2D eigenvalue weighted by atomic mass is 79.9. The molecule has 0 spiro atoms. The number of halogens is 1. The van der Waals surface area contributed by atoms with Gasteiger partial charge in [0.05, 0.1) is 5.69 Å². The minimum Gasteiger partial charge on any atom is -0.369 e. The fourth-order valence-corrected chi connectivity index (χ4v) is 3.68. The van der Waals surface area contributed by atoms with Crippen LogP contribution in [0.1, 0.15) is 25.5 Å². The van der Waals surface area contributed by atoms with Gasteiger partial charge < -0.3 is 15.1 Å². The lowest BCUT2D eigenvalue weighted by atomic mass is 10.1. The SMILES string of the molecule is CNC(C)c1ccc(N2CC(C)C(N(C)C)C2)c(Br)c1. The topological polar surface area (TPSA) is 18.5 Å². The van der Waals surface area contributed by atoms with Crippen LogP contribution in [-0.2, 0) is 0 Å². The Morgan fingerprint density at radius 1 is 1.35 bits per heavy atom. The molecule has 1 fully saturated rings. The van der Waals surface area contributed by atoms with Crippen molar-refractivity contribution >= 4 is 21.6 Å². The summed E-state index contributed by atoms with van der Waals surface area (Å²) >= 11 is 3.75. The summed E-state index contributed by atoms with van der Waals surface area (Å²) < 4.78 is 1.20.